The monoisotopic (exact) mass is 205 g/mol. The fourth-order valence-corrected chi connectivity index (χ4v) is 3.72. The summed E-state index contributed by atoms with van der Waals surface area (Å²) in [5.74, 6) is 3.01. The van der Waals surface area contributed by atoms with Crippen molar-refractivity contribution in [2.24, 2.45) is 17.3 Å². The van der Waals surface area contributed by atoms with Gasteiger partial charge in [0.05, 0.1) is 6.20 Å². The third-order valence-electron chi connectivity index (χ3n) is 4.87. The van der Waals surface area contributed by atoms with Crippen molar-refractivity contribution >= 4 is 5.95 Å². The van der Waals surface area contributed by atoms with Crippen LogP contribution in [0.2, 0.25) is 0 Å². The van der Waals surface area contributed by atoms with Gasteiger partial charge in [0.1, 0.15) is 0 Å². The van der Waals surface area contributed by atoms with Gasteiger partial charge < -0.3 is 10.7 Å². The van der Waals surface area contributed by atoms with Crippen molar-refractivity contribution in [2.45, 2.75) is 39.0 Å². The first-order valence-electron chi connectivity index (χ1n) is 5.89. The van der Waals surface area contributed by atoms with Gasteiger partial charge in [0, 0.05) is 11.6 Å². The minimum Gasteiger partial charge on any atom is -0.369 e. The molecule has 3 saturated carbocycles. The number of aromatic nitrogens is 2. The summed E-state index contributed by atoms with van der Waals surface area (Å²) in [6, 6.07) is 0. The third-order valence-corrected chi connectivity index (χ3v) is 4.87. The predicted octanol–water partition coefficient (Wildman–Crippen LogP) is 2.53. The molecule has 3 heteroatoms. The molecule has 1 heterocycles. The summed E-state index contributed by atoms with van der Waals surface area (Å²) >= 11 is 0. The van der Waals surface area contributed by atoms with Crippen LogP contribution in [0.15, 0.2) is 6.20 Å². The number of hydrogen-bond donors (Lipinski definition) is 2. The van der Waals surface area contributed by atoms with Crippen molar-refractivity contribution in [3.8, 4) is 0 Å². The van der Waals surface area contributed by atoms with Crippen LogP contribution in [-0.4, -0.2) is 9.97 Å². The first kappa shape index (κ1) is 9.25. The second kappa shape index (κ2) is 2.77. The summed E-state index contributed by atoms with van der Waals surface area (Å²) < 4.78 is 0. The standard InChI is InChI=1S/C12H19N3/c1-12(2)7-3-4-8(9(12)5-7)10-6-14-11(13)15-10/h6-9H,3-5H2,1-2H3,(H3,13,14,15). The fourth-order valence-electron chi connectivity index (χ4n) is 3.72. The molecule has 3 fully saturated rings. The molecule has 1 aromatic heterocycles. The maximum absolute atomic E-state index is 5.64. The molecule has 0 aliphatic heterocycles. The van der Waals surface area contributed by atoms with Crippen LogP contribution in [0.3, 0.4) is 0 Å². The Hall–Kier alpha value is -0.990. The fraction of sp³-hybridized carbons (Fsp3) is 0.750. The summed E-state index contributed by atoms with van der Waals surface area (Å²) in [4.78, 5) is 7.32. The lowest BCUT2D eigenvalue weighted by molar-refractivity contribution is -0.0813. The Bertz CT molecular complexity index is 378. The van der Waals surface area contributed by atoms with Crippen molar-refractivity contribution in [1.29, 1.82) is 0 Å². The Labute approximate surface area is 90.5 Å². The molecule has 0 amide bonds. The number of nitrogens with two attached hydrogens (primary N) is 1. The molecule has 3 N–H and O–H groups in total. The van der Waals surface area contributed by atoms with Gasteiger partial charge in [-0.3, -0.25) is 0 Å². The molecule has 3 aliphatic rings. The van der Waals surface area contributed by atoms with Crippen molar-refractivity contribution in [3.63, 3.8) is 0 Å². The molecule has 3 unspecified atom stereocenters. The number of H-pyrrole nitrogens is 1. The van der Waals surface area contributed by atoms with Gasteiger partial charge in [-0.2, -0.15) is 0 Å². The van der Waals surface area contributed by atoms with Gasteiger partial charge in [-0.25, -0.2) is 4.98 Å². The highest BCUT2D eigenvalue weighted by Crippen LogP contribution is 2.63. The lowest BCUT2D eigenvalue weighted by Crippen LogP contribution is -2.51. The zero-order valence-electron chi connectivity index (χ0n) is 9.46. The molecule has 4 rings (SSSR count). The number of aromatic amines is 1. The van der Waals surface area contributed by atoms with Crippen molar-refractivity contribution < 1.29 is 0 Å². The van der Waals surface area contributed by atoms with Crippen LogP contribution >= 0.6 is 0 Å². The topological polar surface area (TPSA) is 54.7 Å². The number of nitrogens with zero attached hydrogens (tertiary/aromatic N) is 1. The highest BCUT2D eigenvalue weighted by Gasteiger charge is 2.54. The minimum atomic E-state index is 0.531. The number of fused-ring (bicyclic) bond motifs is 2. The van der Waals surface area contributed by atoms with E-state index in [4.69, 9.17) is 5.73 Å². The summed E-state index contributed by atoms with van der Waals surface area (Å²) in [6.45, 7) is 4.83. The Morgan fingerprint density at radius 3 is 2.80 bits per heavy atom. The molecule has 3 nitrogen and oxygen atoms in total. The smallest absolute Gasteiger partial charge is 0.197 e. The molecular formula is C12H19N3. The largest absolute Gasteiger partial charge is 0.369 e. The SMILES string of the molecule is CC1(C)C2CCC(c3cnc(N)[nH]3)C1C2. The van der Waals surface area contributed by atoms with Crippen LogP contribution < -0.4 is 5.73 Å². The molecule has 0 saturated heterocycles. The zero-order valence-corrected chi connectivity index (χ0v) is 9.46. The number of nitrogens with one attached hydrogen (secondary N) is 1. The molecule has 0 radical (unpaired) electrons. The summed E-state index contributed by atoms with van der Waals surface area (Å²) in [5, 5.41) is 0. The average Bonchev–Trinajstić information content (AvgIpc) is 2.64. The van der Waals surface area contributed by atoms with E-state index >= 15 is 0 Å². The molecule has 1 aromatic rings. The maximum atomic E-state index is 5.64. The molecule has 0 spiro atoms. The quantitative estimate of drug-likeness (QED) is 0.740. The first-order chi connectivity index (χ1) is 7.09. The first-order valence-corrected chi connectivity index (χ1v) is 5.89. The van der Waals surface area contributed by atoms with Gasteiger partial charge in [0.2, 0.25) is 0 Å². The lowest BCUT2D eigenvalue weighted by atomic mass is 9.45. The Morgan fingerprint density at radius 1 is 1.47 bits per heavy atom. The minimum absolute atomic E-state index is 0.531. The van der Waals surface area contributed by atoms with Gasteiger partial charge in [-0.05, 0) is 36.5 Å². The Kier molecular flexibility index (Phi) is 1.71. The van der Waals surface area contributed by atoms with E-state index in [9.17, 15) is 0 Å². The van der Waals surface area contributed by atoms with Gasteiger partial charge in [-0.1, -0.05) is 13.8 Å². The van der Waals surface area contributed by atoms with Crippen LogP contribution in [0.25, 0.3) is 0 Å². The van der Waals surface area contributed by atoms with E-state index in [1.807, 2.05) is 6.20 Å². The van der Waals surface area contributed by atoms with Gasteiger partial charge in [-0.15, -0.1) is 0 Å². The summed E-state index contributed by atoms with van der Waals surface area (Å²) in [6.07, 6.45) is 6.00. The number of rotatable bonds is 1. The van der Waals surface area contributed by atoms with E-state index in [0.29, 0.717) is 17.3 Å². The van der Waals surface area contributed by atoms with Crippen molar-refractivity contribution in [2.75, 3.05) is 5.73 Å². The summed E-state index contributed by atoms with van der Waals surface area (Å²) in [7, 11) is 0. The maximum Gasteiger partial charge on any atom is 0.197 e. The Balaban J connectivity index is 1.88. The van der Waals surface area contributed by atoms with E-state index in [0.717, 1.165) is 11.8 Å². The van der Waals surface area contributed by atoms with Gasteiger partial charge >= 0.3 is 0 Å². The number of nitrogen functional groups attached to an aromatic ring is 1. The molecule has 15 heavy (non-hydrogen) atoms. The van der Waals surface area contributed by atoms with E-state index in [-0.39, 0.29) is 0 Å². The van der Waals surface area contributed by atoms with Crippen LogP contribution in [0, 0.1) is 17.3 Å². The number of hydrogen-bond acceptors (Lipinski definition) is 2. The summed E-state index contributed by atoms with van der Waals surface area (Å²) in [5.41, 5.74) is 7.43. The van der Waals surface area contributed by atoms with E-state index in [1.165, 1.54) is 25.0 Å². The molecule has 82 valence electrons. The van der Waals surface area contributed by atoms with E-state index in [1.54, 1.807) is 0 Å². The highest BCUT2D eigenvalue weighted by atomic mass is 15.0. The molecule has 2 bridgehead atoms. The van der Waals surface area contributed by atoms with Gasteiger partial charge in [0.15, 0.2) is 5.95 Å². The molecule has 3 aliphatic carbocycles. The van der Waals surface area contributed by atoms with Crippen LogP contribution in [-0.2, 0) is 0 Å². The van der Waals surface area contributed by atoms with Crippen LogP contribution in [0.4, 0.5) is 5.95 Å². The predicted molar refractivity (Wildman–Crippen MR) is 60.4 cm³/mol. The van der Waals surface area contributed by atoms with E-state index < -0.39 is 0 Å². The zero-order chi connectivity index (χ0) is 10.6. The molecular weight excluding hydrogens is 186 g/mol. The average molecular weight is 205 g/mol. The van der Waals surface area contributed by atoms with Crippen LogP contribution in [0.1, 0.15) is 44.7 Å². The second-order valence-corrected chi connectivity index (χ2v) is 5.77. The number of imidazole rings is 1. The van der Waals surface area contributed by atoms with Crippen LogP contribution in [0.5, 0.6) is 0 Å². The Morgan fingerprint density at radius 2 is 2.27 bits per heavy atom. The molecule has 3 atom stereocenters. The lowest BCUT2D eigenvalue weighted by Gasteiger charge is -2.60. The third kappa shape index (κ3) is 1.15. The van der Waals surface area contributed by atoms with Gasteiger partial charge in [0.25, 0.3) is 0 Å². The van der Waals surface area contributed by atoms with Crippen molar-refractivity contribution in [1.82, 2.24) is 9.97 Å². The number of anilines is 1. The second-order valence-electron chi connectivity index (χ2n) is 5.77. The molecule has 0 aromatic carbocycles. The van der Waals surface area contributed by atoms with Crippen molar-refractivity contribution in [3.05, 3.63) is 11.9 Å². The normalized spacial score (nSPS) is 37.3. The van der Waals surface area contributed by atoms with E-state index in [2.05, 4.69) is 23.8 Å². The highest BCUT2D eigenvalue weighted by molar-refractivity contribution is 5.24.